The number of aromatic nitrogens is 4. The van der Waals surface area contributed by atoms with Crippen molar-refractivity contribution in [3.63, 3.8) is 0 Å². The van der Waals surface area contributed by atoms with E-state index in [2.05, 4.69) is 177 Å². The minimum absolute atomic E-state index is 0.712. The number of H-pyrrole nitrogens is 2. The lowest BCUT2D eigenvalue weighted by atomic mass is 9.95. The summed E-state index contributed by atoms with van der Waals surface area (Å²) in [7, 11) is 0. The predicted octanol–water partition coefficient (Wildman–Crippen LogP) is 20.5. The molecule has 474 valence electrons. The molecule has 4 heteroatoms. The van der Waals surface area contributed by atoms with E-state index in [0.29, 0.717) is 22.8 Å². The Balaban J connectivity index is 1.01. The van der Waals surface area contributed by atoms with Crippen molar-refractivity contribution in [2.24, 2.45) is 0 Å². The first-order chi connectivity index (χ1) is 51.5. The summed E-state index contributed by atoms with van der Waals surface area (Å²) in [5.74, 6) is 56.3. The van der Waals surface area contributed by atoms with Gasteiger partial charge in [-0.1, -0.05) is 240 Å². The van der Waals surface area contributed by atoms with Gasteiger partial charge in [-0.3, -0.25) is 0 Å². The molecule has 0 spiro atoms. The van der Waals surface area contributed by atoms with Crippen LogP contribution in [0.2, 0.25) is 0 Å². The first kappa shape index (κ1) is 62.3. The lowest BCUT2D eigenvalue weighted by molar-refractivity contribution is 1.40. The number of hydrogen-bond acceptors (Lipinski definition) is 2. The Kier molecular flexibility index (Phi) is 17.0. The standard InChI is InChI=1S/C100H54N4/c1-9-25-69(26-10-1)41-49-77-57-85-86(58-78(77)50-42-70-27-11-2-12-28-70)94-66-96-89-61-81(53-45-73-33-17-5-18-34-73)82(54-46-74-35-19-6-20-36-74)62-90(89)98(103-96)68-100-92-64-84(56-48-76-39-23-8-24-40-76)83(55-47-75-37-21-7-22-38-75)63-91(92)99(104-100)67-97-88-60-80(52-44-72-31-15-4-16-32-72)79(51-43-71-29-13-3-14-30-71)59-87(88)95(102-97)65-93(85)101-94/h1-40,57-68,101,104H. The average molecular weight is 1310 g/mol. The van der Waals surface area contributed by atoms with E-state index in [0.717, 1.165) is 155 Å². The van der Waals surface area contributed by atoms with Crippen molar-refractivity contribution in [3.05, 3.63) is 404 Å². The molecule has 4 nitrogen and oxygen atoms in total. The minimum Gasteiger partial charge on any atom is -0.354 e. The Morgan fingerprint density at radius 1 is 0.163 bits per heavy atom. The van der Waals surface area contributed by atoms with Crippen LogP contribution in [0.4, 0.5) is 0 Å². The predicted molar refractivity (Wildman–Crippen MR) is 424 cm³/mol. The van der Waals surface area contributed by atoms with E-state index in [9.17, 15) is 0 Å². The Morgan fingerprint density at radius 2 is 0.317 bits per heavy atom. The van der Waals surface area contributed by atoms with E-state index < -0.39 is 0 Å². The first-order valence-corrected chi connectivity index (χ1v) is 34.1. The van der Waals surface area contributed by atoms with E-state index in [1.54, 1.807) is 0 Å². The number of nitrogens with one attached hydrogen (secondary N) is 2. The molecule has 0 aliphatic carbocycles. The van der Waals surface area contributed by atoms with Gasteiger partial charge in [0.2, 0.25) is 0 Å². The van der Waals surface area contributed by atoms with Crippen molar-refractivity contribution in [3.8, 4) is 140 Å². The number of nitrogens with zero attached hydrogens (tertiary/aromatic N) is 2. The third-order valence-electron chi connectivity index (χ3n) is 18.0. The van der Waals surface area contributed by atoms with Crippen LogP contribution in [0.1, 0.15) is 89.0 Å². The Hall–Kier alpha value is -15.2. The zero-order valence-corrected chi connectivity index (χ0v) is 55.9. The summed E-state index contributed by atoms with van der Waals surface area (Å²) in [6, 6.07) is 106. The Bertz CT molecular complexity index is 5880. The number of benzene rings is 12. The monoisotopic (exact) mass is 1310 g/mol. The topological polar surface area (TPSA) is 57.4 Å². The molecule has 5 heterocycles. The quantitative estimate of drug-likeness (QED) is 0.149. The summed E-state index contributed by atoms with van der Waals surface area (Å²) in [4.78, 5) is 19.4. The SMILES string of the molecule is C(#Cc1cc2c(cc1C#Cc1ccccc1)-c1cc3[nH]c(cc4nc(cc5[nH]c(cc-2n1)c1cc(C#Cc2ccccc2)c(C#Cc2ccccc2)cc51)-c1cc(C#Cc2ccccc2)c(C#Cc2ccccc2)cc1-4)c1cc(C#Cc2ccccc2)c(C#Cc2ccccc2)cc31)c1ccccc1. The van der Waals surface area contributed by atoms with Crippen molar-refractivity contribution in [2.75, 3.05) is 0 Å². The van der Waals surface area contributed by atoms with E-state index >= 15 is 0 Å². The van der Waals surface area contributed by atoms with Gasteiger partial charge in [-0.15, -0.1) is 0 Å². The summed E-state index contributed by atoms with van der Waals surface area (Å²) in [6.45, 7) is 0. The van der Waals surface area contributed by atoms with Crippen molar-refractivity contribution in [1.29, 1.82) is 0 Å². The van der Waals surface area contributed by atoms with Crippen molar-refractivity contribution in [1.82, 2.24) is 19.9 Å². The molecular formula is C100H54N4. The van der Waals surface area contributed by atoms with Gasteiger partial charge in [-0.2, -0.15) is 0 Å². The fourth-order valence-corrected chi connectivity index (χ4v) is 12.8. The van der Waals surface area contributed by atoms with Gasteiger partial charge in [0.05, 0.1) is 22.8 Å². The zero-order chi connectivity index (χ0) is 69.4. The molecule has 2 aliphatic rings. The summed E-state index contributed by atoms with van der Waals surface area (Å²) in [6.07, 6.45) is 0. The van der Waals surface area contributed by atoms with E-state index in [1.165, 1.54) is 0 Å². The second-order valence-electron chi connectivity index (χ2n) is 24.9. The lowest BCUT2D eigenvalue weighted by Crippen LogP contribution is -1.89. The highest BCUT2D eigenvalue weighted by atomic mass is 14.8. The summed E-state index contributed by atoms with van der Waals surface area (Å²) < 4.78 is 0. The van der Waals surface area contributed by atoms with Crippen molar-refractivity contribution >= 4 is 43.6 Å². The molecule has 12 aromatic carbocycles. The number of aromatic amines is 2. The van der Waals surface area contributed by atoms with Crippen LogP contribution in [0.3, 0.4) is 0 Å². The largest absolute Gasteiger partial charge is 0.354 e. The second kappa shape index (κ2) is 28.3. The first-order valence-electron chi connectivity index (χ1n) is 34.1. The van der Waals surface area contributed by atoms with Crippen LogP contribution in [-0.2, 0) is 0 Å². The fourth-order valence-electron chi connectivity index (χ4n) is 12.8. The third-order valence-corrected chi connectivity index (χ3v) is 18.0. The summed E-state index contributed by atoms with van der Waals surface area (Å²) in [5.41, 5.74) is 22.7. The highest BCUT2D eigenvalue weighted by Gasteiger charge is 2.24. The molecule has 104 heavy (non-hydrogen) atoms. The second-order valence-corrected chi connectivity index (χ2v) is 24.9. The molecule has 0 atom stereocenters. The maximum absolute atomic E-state index is 5.72. The maximum atomic E-state index is 5.72. The molecule has 0 fully saturated rings. The van der Waals surface area contributed by atoms with Crippen LogP contribution >= 0.6 is 0 Å². The molecule has 0 amide bonds. The van der Waals surface area contributed by atoms with Crippen molar-refractivity contribution < 1.29 is 0 Å². The van der Waals surface area contributed by atoms with Gasteiger partial charge in [-0.25, -0.2) is 9.97 Å². The normalized spacial score (nSPS) is 10.5. The summed E-state index contributed by atoms with van der Waals surface area (Å²) >= 11 is 0. The molecular weight excluding hydrogens is 1260 g/mol. The molecule has 3 aromatic heterocycles. The van der Waals surface area contributed by atoms with Gasteiger partial charge >= 0.3 is 0 Å². The Labute approximate surface area is 603 Å². The molecule has 2 aliphatic heterocycles. The minimum atomic E-state index is 0.712. The van der Waals surface area contributed by atoms with Gasteiger partial charge < -0.3 is 9.97 Å². The van der Waals surface area contributed by atoms with Gasteiger partial charge in [0.1, 0.15) is 0 Å². The van der Waals surface area contributed by atoms with Crippen molar-refractivity contribution in [2.45, 2.75) is 0 Å². The van der Waals surface area contributed by atoms with Gasteiger partial charge in [0, 0.05) is 155 Å². The van der Waals surface area contributed by atoms with Crippen LogP contribution in [0.15, 0.2) is 315 Å². The van der Waals surface area contributed by atoms with E-state index in [1.807, 2.05) is 243 Å². The van der Waals surface area contributed by atoms with Crippen LogP contribution in [0, 0.1) is 94.7 Å². The highest BCUT2D eigenvalue weighted by Crippen LogP contribution is 2.43. The fraction of sp³-hybridized carbons (Fsp3) is 0. The van der Waals surface area contributed by atoms with Gasteiger partial charge in [-0.05, 0) is 170 Å². The number of fused-ring (bicyclic) bond motifs is 20. The van der Waals surface area contributed by atoms with Gasteiger partial charge in [0.25, 0.3) is 0 Å². The van der Waals surface area contributed by atoms with Crippen LogP contribution < -0.4 is 0 Å². The maximum Gasteiger partial charge on any atom is 0.0737 e. The van der Waals surface area contributed by atoms with E-state index in [-0.39, 0.29) is 0 Å². The number of rotatable bonds is 0. The van der Waals surface area contributed by atoms with Gasteiger partial charge in [0.15, 0.2) is 0 Å². The number of hydrogen-bond donors (Lipinski definition) is 2. The van der Waals surface area contributed by atoms with Crippen LogP contribution in [-0.4, -0.2) is 19.9 Å². The van der Waals surface area contributed by atoms with E-state index in [4.69, 9.17) is 9.97 Å². The smallest absolute Gasteiger partial charge is 0.0737 e. The van der Waals surface area contributed by atoms with Crippen LogP contribution in [0.5, 0.6) is 0 Å². The zero-order valence-electron chi connectivity index (χ0n) is 55.9. The van der Waals surface area contributed by atoms with Crippen LogP contribution in [0.25, 0.3) is 88.6 Å². The highest BCUT2D eigenvalue weighted by molar-refractivity contribution is 6.12. The average Bonchev–Trinajstić information content (AvgIpc) is 1.60. The molecule has 15 aromatic rings. The molecule has 8 bridgehead atoms. The summed E-state index contributed by atoms with van der Waals surface area (Å²) in [5, 5.41) is 3.63. The third kappa shape index (κ3) is 13.6. The molecule has 0 saturated heterocycles. The molecule has 0 radical (unpaired) electrons. The molecule has 17 rings (SSSR count). The molecule has 0 saturated carbocycles. The lowest BCUT2D eigenvalue weighted by Gasteiger charge is -2.05. The molecule has 0 unspecified atom stereocenters. The Morgan fingerprint density at radius 3 is 0.481 bits per heavy atom. The molecule has 2 N–H and O–H groups in total.